The predicted octanol–water partition coefficient (Wildman–Crippen LogP) is 4.14. The molecule has 5 nitrogen and oxygen atoms in total. The van der Waals surface area contributed by atoms with Crippen molar-refractivity contribution in [2.45, 2.75) is 6.54 Å². The van der Waals surface area contributed by atoms with Gasteiger partial charge in [0.05, 0.1) is 22.1 Å². The standard InChI is InChI=1S/C15H13ClN2O3S/c1-2-7-17(10-12-4-3-8-22-12)15(19)13-9-11(18(20)21)5-6-14(13)16/h2-6,8-9H,1,7,10H2. The van der Waals surface area contributed by atoms with Crippen LogP contribution in [-0.4, -0.2) is 22.3 Å². The Balaban J connectivity index is 2.31. The molecule has 0 aliphatic rings. The highest BCUT2D eigenvalue weighted by molar-refractivity contribution is 7.09. The highest BCUT2D eigenvalue weighted by Crippen LogP contribution is 2.24. The van der Waals surface area contributed by atoms with Crippen molar-refractivity contribution in [1.29, 1.82) is 0 Å². The first-order valence-electron chi connectivity index (χ1n) is 6.39. The number of carbonyl (C=O) groups excluding carboxylic acids is 1. The monoisotopic (exact) mass is 336 g/mol. The summed E-state index contributed by atoms with van der Waals surface area (Å²) in [6, 6.07) is 7.66. The molecule has 1 aromatic carbocycles. The number of benzene rings is 1. The number of amides is 1. The van der Waals surface area contributed by atoms with E-state index in [2.05, 4.69) is 6.58 Å². The van der Waals surface area contributed by atoms with Crippen molar-refractivity contribution in [3.8, 4) is 0 Å². The van der Waals surface area contributed by atoms with Gasteiger partial charge in [0.15, 0.2) is 0 Å². The minimum Gasteiger partial charge on any atom is -0.330 e. The van der Waals surface area contributed by atoms with Crippen LogP contribution in [-0.2, 0) is 6.54 Å². The molecule has 0 fully saturated rings. The minimum atomic E-state index is -0.551. The zero-order chi connectivity index (χ0) is 16.1. The van der Waals surface area contributed by atoms with Crippen LogP contribution in [0.3, 0.4) is 0 Å². The van der Waals surface area contributed by atoms with Gasteiger partial charge < -0.3 is 4.90 Å². The van der Waals surface area contributed by atoms with E-state index in [1.54, 1.807) is 11.0 Å². The predicted molar refractivity (Wildman–Crippen MR) is 87.4 cm³/mol. The van der Waals surface area contributed by atoms with Gasteiger partial charge in [-0.1, -0.05) is 23.7 Å². The normalized spacial score (nSPS) is 10.2. The summed E-state index contributed by atoms with van der Waals surface area (Å²) >= 11 is 7.56. The summed E-state index contributed by atoms with van der Waals surface area (Å²) in [6.45, 7) is 4.38. The number of rotatable bonds is 6. The van der Waals surface area contributed by atoms with Crippen molar-refractivity contribution in [2.75, 3.05) is 6.54 Å². The van der Waals surface area contributed by atoms with E-state index in [1.165, 1.54) is 29.5 Å². The third-order valence-electron chi connectivity index (χ3n) is 2.95. The number of halogens is 1. The van der Waals surface area contributed by atoms with Crippen LogP contribution < -0.4 is 0 Å². The third kappa shape index (κ3) is 3.72. The van der Waals surface area contributed by atoms with Gasteiger partial charge >= 0.3 is 0 Å². The summed E-state index contributed by atoms with van der Waals surface area (Å²) in [6.07, 6.45) is 1.61. The minimum absolute atomic E-state index is 0.120. The molecule has 1 aromatic heterocycles. The second-order valence-corrected chi connectivity index (χ2v) is 5.91. The van der Waals surface area contributed by atoms with E-state index in [9.17, 15) is 14.9 Å². The van der Waals surface area contributed by atoms with Crippen LogP contribution in [0.15, 0.2) is 48.4 Å². The molecule has 0 aliphatic carbocycles. The molecule has 0 N–H and O–H groups in total. The van der Waals surface area contributed by atoms with Crippen molar-refractivity contribution in [1.82, 2.24) is 4.90 Å². The number of thiophene rings is 1. The Morgan fingerprint density at radius 3 is 2.82 bits per heavy atom. The maximum atomic E-state index is 12.6. The first kappa shape index (κ1) is 16.2. The van der Waals surface area contributed by atoms with Gasteiger partial charge in [0.2, 0.25) is 0 Å². The summed E-state index contributed by atoms with van der Waals surface area (Å²) < 4.78 is 0. The molecule has 1 heterocycles. The van der Waals surface area contributed by atoms with Crippen molar-refractivity contribution in [3.63, 3.8) is 0 Å². The molecular weight excluding hydrogens is 324 g/mol. The number of nitro groups is 1. The second-order valence-electron chi connectivity index (χ2n) is 4.47. The zero-order valence-electron chi connectivity index (χ0n) is 11.6. The Morgan fingerprint density at radius 1 is 1.45 bits per heavy atom. The second kappa shape index (κ2) is 7.20. The molecule has 2 rings (SSSR count). The number of carbonyl (C=O) groups is 1. The molecule has 0 radical (unpaired) electrons. The molecule has 0 aliphatic heterocycles. The van der Waals surface area contributed by atoms with Crippen LogP contribution in [0, 0.1) is 10.1 Å². The van der Waals surface area contributed by atoms with E-state index >= 15 is 0 Å². The van der Waals surface area contributed by atoms with Gasteiger partial charge in [-0.2, -0.15) is 0 Å². The maximum Gasteiger partial charge on any atom is 0.270 e. The molecule has 0 spiro atoms. The molecule has 2 aromatic rings. The molecule has 0 saturated heterocycles. The summed E-state index contributed by atoms with van der Waals surface area (Å²) in [5.74, 6) is -0.359. The van der Waals surface area contributed by atoms with E-state index in [1.807, 2.05) is 17.5 Å². The first-order valence-corrected chi connectivity index (χ1v) is 7.65. The Bertz CT molecular complexity index is 701. The van der Waals surface area contributed by atoms with E-state index in [0.29, 0.717) is 13.1 Å². The van der Waals surface area contributed by atoms with Crippen molar-refractivity contribution in [2.24, 2.45) is 0 Å². The third-order valence-corrected chi connectivity index (χ3v) is 4.15. The summed E-state index contributed by atoms with van der Waals surface area (Å²) in [7, 11) is 0. The number of hydrogen-bond donors (Lipinski definition) is 0. The van der Waals surface area contributed by atoms with Crippen LogP contribution in [0.1, 0.15) is 15.2 Å². The van der Waals surface area contributed by atoms with Crippen LogP contribution >= 0.6 is 22.9 Å². The van der Waals surface area contributed by atoms with Crippen LogP contribution in [0.2, 0.25) is 5.02 Å². The Hall–Kier alpha value is -2.18. The van der Waals surface area contributed by atoms with E-state index < -0.39 is 4.92 Å². The van der Waals surface area contributed by atoms with Gasteiger partial charge in [0.25, 0.3) is 11.6 Å². The van der Waals surface area contributed by atoms with Gasteiger partial charge in [-0.05, 0) is 17.5 Å². The van der Waals surface area contributed by atoms with Crippen LogP contribution in [0.5, 0.6) is 0 Å². The van der Waals surface area contributed by atoms with E-state index in [4.69, 9.17) is 11.6 Å². The Morgan fingerprint density at radius 2 is 2.23 bits per heavy atom. The molecule has 1 amide bonds. The average molecular weight is 337 g/mol. The highest BCUT2D eigenvalue weighted by Gasteiger charge is 2.21. The lowest BCUT2D eigenvalue weighted by atomic mass is 10.1. The summed E-state index contributed by atoms with van der Waals surface area (Å²) in [5.41, 5.74) is -0.0447. The quantitative estimate of drug-likeness (QED) is 0.452. The van der Waals surface area contributed by atoms with Crippen LogP contribution in [0.25, 0.3) is 0 Å². The summed E-state index contributed by atoms with van der Waals surface area (Å²) in [4.78, 5) is 25.5. The fraction of sp³-hybridized carbons (Fsp3) is 0.133. The summed E-state index contributed by atoms with van der Waals surface area (Å²) in [5, 5.41) is 13.0. The highest BCUT2D eigenvalue weighted by atomic mass is 35.5. The van der Waals surface area contributed by atoms with Crippen molar-refractivity contribution >= 4 is 34.5 Å². The molecule has 22 heavy (non-hydrogen) atoms. The van der Waals surface area contributed by atoms with Crippen molar-refractivity contribution < 1.29 is 9.72 Å². The molecule has 0 saturated carbocycles. The van der Waals surface area contributed by atoms with Gasteiger partial charge in [-0.3, -0.25) is 14.9 Å². The van der Waals surface area contributed by atoms with Gasteiger partial charge in [0.1, 0.15) is 0 Å². The fourth-order valence-electron chi connectivity index (χ4n) is 1.93. The zero-order valence-corrected chi connectivity index (χ0v) is 13.1. The smallest absolute Gasteiger partial charge is 0.270 e. The van der Waals surface area contributed by atoms with E-state index in [0.717, 1.165) is 4.88 Å². The number of hydrogen-bond acceptors (Lipinski definition) is 4. The number of nitro benzene ring substituents is 1. The fourth-order valence-corrected chi connectivity index (χ4v) is 2.84. The lowest BCUT2D eigenvalue weighted by molar-refractivity contribution is -0.384. The maximum absolute atomic E-state index is 12.6. The molecule has 0 unspecified atom stereocenters. The molecule has 0 atom stereocenters. The molecule has 114 valence electrons. The topological polar surface area (TPSA) is 63.5 Å². The van der Waals surface area contributed by atoms with Crippen molar-refractivity contribution in [3.05, 3.63) is 73.9 Å². The molecule has 7 heteroatoms. The molecule has 0 bridgehead atoms. The van der Waals surface area contributed by atoms with Crippen LogP contribution in [0.4, 0.5) is 5.69 Å². The first-order chi connectivity index (χ1) is 10.5. The van der Waals surface area contributed by atoms with Gasteiger partial charge in [-0.15, -0.1) is 17.9 Å². The Kier molecular flexibility index (Phi) is 5.30. The lowest BCUT2D eigenvalue weighted by Gasteiger charge is -2.21. The molecular formula is C15H13ClN2O3S. The Labute approximate surface area is 136 Å². The average Bonchev–Trinajstić information content (AvgIpc) is 2.99. The largest absolute Gasteiger partial charge is 0.330 e. The van der Waals surface area contributed by atoms with E-state index in [-0.39, 0.29) is 22.2 Å². The lowest BCUT2D eigenvalue weighted by Crippen LogP contribution is -2.30. The number of non-ortho nitro benzene ring substituents is 1. The SMILES string of the molecule is C=CCN(Cc1cccs1)C(=O)c1cc([N+](=O)[O-])ccc1Cl. The van der Waals surface area contributed by atoms with Gasteiger partial charge in [-0.25, -0.2) is 0 Å². The van der Waals surface area contributed by atoms with Gasteiger partial charge in [0, 0.05) is 23.6 Å². The number of nitrogens with zero attached hydrogens (tertiary/aromatic N) is 2.